The first-order valence-electron chi connectivity index (χ1n) is 5.25. The fourth-order valence-electron chi connectivity index (χ4n) is 0.861. The molecule has 0 unspecified atom stereocenters. The Morgan fingerprint density at radius 3 is 2.62 bits per heavy atom. The minimum Gasteiger partial charge on any atom is -0.450 e. The maximum Gasteiger partial charge on any atom is 0.407 e. The van der Waals surface area contributed by atoms with Gasteiger partial charge in [-0.3, -0.25) is 4.79 Å². The third-order valence-corrected chi connectivity index (χ3v) is 1.69. The summed E-state index contributed by atoms with van der Waals surface area (Å²) in [5, 5.41) is 13.2. The quantitative estimate of drug-likeness (QED) is 0.621. The number of carbonyl (C=O) groups excluding carboxylic acids is 2. The number of rotatable bonds is 7. The van der Waals surface area contributed by atoms with Gasteiger partial charge < -0.3 is 15.4 Å². The van der Waals surface area contributed by atoms with E-state index in [2.05, 4.69) is 10.6 Å². The van der Waals surface area contributed by atoms with Crippen molar-refractivity contribution in [3.8, 4) is 6.07 Å². The lowest BCUT2D eigenvalue weighted by molar-refractivity contribution is -0.120. The molecule has 0 aromatic carbocycles. The number of hydrogen-bond acceptors (Lipinski definition) is 4. The molecule has 6 nitrogen and oxygen atoms in total. The Morgan fingerprint density at radius 2 is 2.00 bits per heavy atom. The summed E-state index contributed by atoms with van der Waals surface area (Å²) in [4.78, 5) is 21.8. The van der Waals surface area contributed by atoms with Gasteiger partial charge in [0.15, 0.2) is 0 Å². The second-order valence-electron chi connectivity index (χ2n) is 3.10. The van der Waals surface area contributed by atoms with Crippen molar-refractivity contribution in [2.45, 2.75) is 26.2 Å². The molecule has 2 N–H and O–H groups in total. The summed E-state index contributed by atoms with van der Waals surface area (Å²) < 4.78 is 4.82. The van der Waals surface area contributed by atoms with Crippen LogP contribution in [0.5, 0.6) is 0 Å². The van der Waals surface area contributed by atoms with E-state index in [1.807, 2.05) is 6.92 Å². The molecule has 0 spiro atoms. The normalized spacial score (nSPS) is 9.00. The Kier molecular flexibility index (Phi) is 8.69. The Hall–Kier alpha value is -1.77. The molecule has 0 aromatic heterocycles. The highest BCUT2D eigenvalue weighted by Gasteiger charge is 2.01. The lowest BCUT2D eigenvalue weighted by Gasteiger charge is -2.06. The smallest absolute Gasteiger partial charge is 0.407 e. The van der Waals surface area contributed by atoms with Gasteiger partial charge in [-0.25, -0.2) is 4.79 Å². The SMILES string of the molecule is CCCCOC(=O)NCCNC(=O)CC#N. The number of ether oxygens (including phenoxy) is 1. The topological polar surface area (TPSA) is 91.2 Å². The van der Waals surface area contributed by atoms with Gasteiger partial charge in [-0.2, -0.15) is 5.26 Å². The molecule has 16 heavy (non-hydrogen) atoms. The summed E-state index contributed by atoms with van der Waals surface area (Å²) in [5.41, 5.74) is 0. The number of nitrogens with zero attached hydrogens (tertiary/aromatic N) is 1. The summed E-state index contributed by atoms with van der Waals surface area (Å²) in [7, 11) is 0. The highest BCUT2D eigenvalue weighted by molar-refractivity contribution is 5.78. The molecule has 6 heteroatoms. The number of amides is 2. The molecule has 2 amide bonds. The van der Waals surface area contributed by atoms with Crippen LogP contribution >= 0.6 is 0 Å². The molecular formula is C10H17N3O3. The van der Waals surface area contributed by atoms with Crippen LogP contribution in [0.25, 0.3) is 0 Å². The third-order valence-electron chi connectivity index (χ3n) is 1.69. The van der Waals surface area contributed by atoms with Crippen molar-refractivity contribution in [2.24, 2.45) is 0 Å². The summed E-state index contributed by atoms with van der Waals surface area (Å²) in [6, 6.07) is 1.73. The second-order valence-corrected chi connectivity index (χ2v) is 3.10. The van der Waals surface area contributed by atoms with E-state index < -0.39 is 6.09 Å². The van der Waals surface area contributed by atoms with Crippen LogP contribution in [0.4, 0.5) is 4.79 Å². The Labute approximate surface area is 95.0 Å². The zero-order chi connectivity index (χ0) is 12.2. The first-order valence-corrected chi connectivity index (χ1v) is 5.25. The van der Waals surface area contributed by atoms with E-state index in [1.165, 1.54) is 0 Å². The molecule has 0 aromatic rings. The predicted octanol–water partition coefficient (Wildman–Crippen LogP) is 0.543. The number of nitriles is 1. The van der Waals surface area contributed by atoms with E-state index >= 15 is 0 Å². The molecule has 0 atom stereocenters. The van der Waals surface area contributed by atoms with Gasteiger partial charge in [0.2, 0.25) is 5.91 Å². The molecule has 0 fully saturated rings. The van der Waals surface area contributed by atoms with Crippen LogP contribution in [-0.2, 0) is 9.53 Å². The largest absolute Gasteiger partial charge is 0.450 e. The van der Waals surface area contributed by atoms with Gasteiger partial charge in [0.25, 0.3) is 0 Å². The highest BCUT2D eigenvalue weighted by atomic mass is 16.5. The predicted molar refractivity (Wildman–Crippen MR) is 57.5 cm³/mol. The first kappa shape index (κ1) is 14.2. The monoisotopic (exact) mass is 227 g/mol. The molecule has 0 bridgehead atoms. The standard InChI is InChI=1S/C10H17N3O3/c1-2-3-8-16-10(15)13-7-6-12-9(14)4-5-11/h2-4,6-8H2,1H3,(H,12,14)(H,13,15). The lowest BCUT2D eigenvalue weighted by Crippen LogP contribution is -2.34. The van der Waals surface area contributed by atoms with Crippen LogP contribution in [0.1, 0.15) is 26.2 Å². The van der Waals surface area contributed by atoms with Crippen molar-refractivity contribution >= 4 is 12.0 Å². The molecule has 0 aliphatic carbocycles. The minimum atomic E-state index is -0.483. The van der Waals surface area contributed by atoms with E-state index in [9.17, 15) is 9.59 Å². The third kappa shape index (κ3) is 8.81. The van der Waals surface area contributed by atoms with Crippen molar-refractivity contribution in [1.82, 2.24) is 10.6 Å². The van der Waals surface area contributed by atoms with Gasteiger partial charge in [0.05, 0.1) is 12.7 Å². The molecule has 0 heterocycles. The van der Waals surface area contributed by atoms with E-state index in [1.54, 1.807) is 6.07 Å². The fraction of sp³-hybridized carbons (Fsp3) is 0.700. The van der Waals surface area contributed by atoms with Gasteiger partial charge in [-0.05, 0) is 6.42 Å². The lowest BCUT2D eigenvalue weighted by atomic mass is 10.4. The number of unbranched alkanes of at least 4 members (excludes halogenated alkanes) is 1. The van der Waals surface area contributed by atoms with Crippen molar-refractivity contribution in [3.05, 3.63) is 0 Å². The molecule has 0 saturated heterocycles. The molecule has 0 rings (SSSR count). The molecule has 0 radical (unpaired) electrons. The van der Waals surface area contributed by atoms with Crippen LogP contribution in [0, 0.1) is 11.3 Å². The Bertz CT molecular complexity index is 261. The summed E-state index contributed by atoms with van der Waals surface area (Å²) in [5.74, 6) is -0.344. The zero-order valence-electron chi connectivity index (χ0n) is 9.41. The average Bonchev–Trinajstić information content (AvgIpc) is 2.25. The van der Waals surface area contributed by atoms with E-state index in [4.69, 9.17) is 10.00 Å². The number of alkyl carbamates (subject to hydrolysis) is 1. The molecule has 0 aliphatic heterocycles. The maximum absolute atomic E-state index is 11.0. The zero-order valence-corrected chi connectivity index (χ0v) is 9.41. The summed E-state index contributed by atoms with van der Waals surface area (Å²) in [6.45, 7) is 3.00. The number of carbonyl (C=O) groups is 2. The molecular weight excluding hydrogens is 210 g/mol. The van der Waals surface area contributed by atoms with E-state index in [-0.39, 0.29) is 12.3 Å². The van der Waals surface area contributed by atoms with Crippen molar-refractivity contribution in [3.63, 3.8) is 0 Å². The average molecular weight is 227 g/mol. The van der Waals surface area contributed by atoms with Crippen molar-refractivity contribution in [1.29, 1.82) is 5.26 Å². The van der Waals surface area contributed by atoms with Crippen molar-refractivity contribution in [2.75, 3.05) is 19.7 Å². The minimum absolute atomic E-state index is 0.166. The summed E-state index contributed by atoms with van der Waals surface area (Å²) in [6.07, 6.45) is 1.16. The van der Waals surface area contributed by atoms with Crippen LogP contribution < -0.4 is 10.6 Å². The van der Waals surface area contributed by atoms with Crippen LogP contribution in [0.15, 0.2) is 0 Å². The molecule has 0 saturated carbocycles. The van der Waals surface area contributed by atoms with Gasteiger partial charge in [-0.1, -0.05) is 13.3 Å². The number of hydrogen-bond donors (Lipinski definition) is 2. The van der Waals surface area contributed by atoms with Gasteiger partial charge >= 0.3 is 6.09 Å². The highest BCUT2D eigenvalue weighted by Crippen LogP contribution is 1.87. The van der Waals surface area contributed by atoms with E-state index in [0.717, 1.165) is 12.8 Å². The Morgan fingerprint density at radius 1 is 1.31 bits per heavy atom. The van der Waals surface area contributed by atoms with Crippen LogP contribution in [0.3, 0.4) is 0 Å². The van der Waals surface area contributed by atoms with Crippen molar-refractivity contribution < 1.29 is 14.3 Å². The van der Waals surface area contributed by atoms with Gasteiger partial charge in [-0.15, -0.1) is 0 Å². The molecule has 0 aliphatic rings. The van der Waals surface area contributed by atoms with Gasteiger partial charge in [0, 0.05) is 13.1 Å². The van der Waals surface area contributed by atoms with Crippen LogP contribution in [-0.4, -0.2) is 31.7 Å². The molecule has 90 valence electrons. The maximum atomic E-state index is 11.0. The second kappa shape index (κ2) is 9.77. The van der Waals surface area contributed by atoms with E-state index in [0.29, 0.717) is 19.7 Å². The first-order chi connectivity index (χ1) is 7.70. The summed E-state index contributed by atoms with van der Waals surface area (Å²) >= 11 is 0. The fourth-order valence-corrected chi connectivity index (χ4v) is 0.861. The Balaban J connectivity index is 3.34. The van der Waals surface area contributed by atoms with Crippen LogP contribution in [0.2, 0.25) is 0 Å². The van der Waals surface area contributed by atoms with Gasteiger partial charge in [0.1, 0.15) is 6.42 Å². The number of nitrogens with one attached hydrogen (secondary N) is 2.